The van der Waals surface area contributed by atoms with Gasteiger partial charge in [-0.15, -0.1) is 0 Å². The predicted octanol–water partition coefficient (Wildman–Crippen LogP) is 3.53. The summed E-state index contributed by atoms with van der Waals surface area (Å²) in [5.74, 6) is 0.830. The van der Waals surface area contributed by atoms with E-state index in [1.807, 2.05) is 30.3 Å². The summed E-state index contributed by atoms with van der Waals surface area (Å²) in [6.45, 7) is 3.38. The highest BCUT2D eigenvalue weighted by molar-refractivity contribution is 5.21. The largest absolute Gasteiger partial charge is 0.491 e. The van der Waals surface area contributed by atoms with Crippen molar-refractivity contribution in [2.75, 3.05) is 26.2 Å². The second kappa shape index (κ2) is 8.32. The standard InChI is InChI=1S/C21H27NO2/c23-21(18-24-20-11-5-2-6-12-20)13-16-22(17-14-21)15-7-10-19-8-3-1-4-9-19/h1-6,8-9,11-12,23H,7,10,13-18H2. The fourth-order valence-electron chi connectivity index (χ4n) is 3.22. The van der Waals surface area contributed by atoms with Crippen molar-refractivity contribution in [2.45, 2.75) is 31.3 Å². The van der Waals surface area contributed by atoms with Gasteiger partial charge in [-0.3, -0.25) is 0 Å². The molecule has 0 aliphatic carbocycles. The Bertz CT molecular complexity index is 592. The van der Waals surface area contributed by atoms with Crippen LogP contribution in [0.25, 0.3) is 0 Å². The van der Waals surface area contributed by atoms with Gasteiger partial charge in [0.1, 0.15) is 18.0 Å². The molecule has 0 radical (unpaired) electrons. The van der Waals surface area contributed by atoms with Crippen molar-refractivity contribution in [1.29, 1.82) is 0 Å². The minimum atomic E-state index is -0.689. The zero-order valence-electron chi connectivity index (χ0n) is 14.2. The van der Waals surface area contributed by atoms with Gasteiger partial charge in [0.15, 0.2) is 0 Å². The summed E-state index contributed by atoms with van der Waals surface area (Å²) >= 11 is 0. The lowest BCUT2D eigenvalue weighted by Gasteiger charge is -2.38. The first-order chi connectivity index (χ1) is 11.7. The number of nitrogens with zero attached hydrogens (tertiary/aromatic N) is 1. The third-order valence-corrected chi connectivity index (χ3v) is 4.82. The van der Waals surface area contributed by atoms with Crippen LogP contribution >= 0.6 is 0 Å². The van der Waals surface area contributed by atoms with Gasteiger partial charge in [-0.05, 0) is 49.9 Å². The van der Waals surface area contributed by atoms with Gasteiger partial charge in [0, 0.05) is 13.1 Å². The van der Waals surface area contributed by atoms with Crippen molar-refractivity contribution in [3.63, 3.8) is 0 Å². The lowest BCUT2D eigenvalue weighted by Crippen LogP contribution is -2.48. The van der Waals surface area contributed by atoms with Gasteiger partial charge in [-0.1, -0.05) is 48.5 Å². The maximum absolute atomic E-state index is 10.7. The fourth-order valence-corrected chi connectivity index (χ4v) is 3.22. The van der Waals surface area contributed by atoms with Crippen LogP contribution in [-0.2, 0) is 6.42 Å². The molecule has 3 heteroatoms. The Labute approximate surface area is 144 Å². The highest BCUT2D eigenvalue weighted by Crippen LogP contribution is 2.24. The van der Waals surface area contributed by atoms with Crippen LogP contribution < -0.4 is 4.74 Å². The zero-order valence-corrected chi connectivity index (χ0v) is 14.2. The Hall–Kier alpha value is -1.84. The number of para-hydroxylation sites is 1. The summed E-state index contributed by atoms with van der Waals surface area (Å²) in [7, 11) is 0. The first kappa shape index (κ1) is 17.0. The number of hydrogen-bond acceptors (Lipinski definition) is 3. The first-order valence-corrected chi connectivity index (χ1v) is 8.90. The quantitative estimate of drug-likeness (QED) is 0.845. The van der Waals surface area contributed by atoms with Crippen molar-refractivity contribution in [3.8, 4) is 5.75 Å². The van der Waals surface area contributed by atoms with Gasteiger partial charge < -0.3 is 14.7 Å². The SMILES string of the molecule is OC1(COc2ccccc2)CCN(CCCc2ccccc2)CC1. The molecule has 1 saturated heterocycles. The van der Waals surface area contributed by atoms with Crippen molar-refractivity contribution >= 4 is 0 Å². The lowest BCUT2D eigenvalue weighted by molar-refractivity contribution is -0.0523. The van der Waals surface area contributed by atoms with Crippen LogP contribution in [0.1, 0.15) is 24.8 Å². The van der Waals surface area contributed by atoms with Gasteiger partial charge in [-0.25, -0.2) is 0 Å². The van der Waals surface area contributed by atoms with Crippen molar-refractivity contribution in [2.24, 2.45) is 0 Å². The Balaban J connectivity index is 1.37. The normalized spacial score (nSPS) is 17.5. The molecule has 3 nitrogen and oxygen atoms in total. The topological polar surface area (TPSA) is 32.7 Å². The Morgan fingerprint density at radius 2 is 1.54 bits per heavy atom. The molecule has 1 heterocycles. The summed E-state index contributed by atoms with van der Waals surface area (Å²) in [4.78, 5) is 2.46. The summed E-state index contributed by atoms with van der Waals surface area (Å²) in [5.41, 5.74) is 0.716. The molecular weight excluding hydrogens is 298 g/mol. The van der Waals surface area contributed by atoms with Gasteiger partial charge in [-0.2, -0.15) is 0 Å². The van der Waals surface area contributed by atoms with E-state index in [-0.39, 0.29) is 0 Å². The van der Waals surface area contributed by atoms with Crippen LogP contribution in [0.15, 0.2) is 60.7 Å². The van der Waals surface area contributed by atoms with Gasteiger partial charge in [0.25, 0.3) is 0 Å². The number of benzene rings is 2. The number of piperidine rings is 1. The number of aliphatic hydroxyl groups is 1. The monoisotopic (exact) mass is 325 g/mol. The molecule has 24 heavy (non-hydrogen) atoms. The highest BCUT2D eigenvalue weighted by atomic mass is 16.5. The molecule has 1 fully saturated rings. The maximum Gasteiger partial charge on any atom is 0.119 e. The van der Waals surface area contributed by atoms with E-state index in [0.29, 0.717) is 6.61 Å². The molecule has 0 unspecified atom stereocenters. The van der Waals surface area contributed by atoms with E-state index in [1.165, 1.54) is 12.0 Å². The van der Waals surface area contributed by atoms with Crippen LogP contribution in [0.5, 0.6) is 5.75 Å². The Morgan fingerprint density at radius 3 is 2.21 bits per heavy atom. The number of rotatable bonds is 7. The molecular formula is C21H27NO2. The third kappa shape index (κ3) is 5.08. The average molecular weight is 325 g/mol. The van der Waals surface area contributed by atoms with E-state index in [2.05, 4.69) is 35.2 Å². The second-order valence-electron chi connectivity index (χ2n) is 6.76. The molecule has 128 valence electrons. The molecule has 1 aliphatic rings. The lowest BCUT2D eigenvalue weighted by atomic mass is 9.92. The third-order valence-electron chi connectivity index (χ3n) is 4.82. The predicted molar refractivity (Wildman–Crippen MR) is 97.3 cm³/mol. The number of ether oxygens (including phenoxy) is 1. The zero-order chi connectivity index (χ0) is 16.7. The van der Waals surface area contributed by atoms with Gasteiger partial charge in [0.05, 0.1) is 0 Å². The molecule has 0 saturated carbocycles. The first-order valence-electron chi connectivity index (χ1n) is 8.90. The maximum atomic E-state index is 10.7. The average Bonchev–Trinajstić information content (AvgIpc) is 2.64. The van der Waals surface area contributed by atoms with Crippen molar-refractivity contribution < 1.29 is 9.84 Å². The van der Waals surface area contributed by atoms with Gasteiger partial charge >= 0.3 is 0 Å². The Morgan fingerprint density at radius 1 is 0.917 bits per heavy atom. The number of likely N-dealkylation sites (tertiary alicyclic amines) is 1. The van der Waals surface area contributed by atoms with Crippen LogP contribution in [0.3, 0.4) is 0 Å². The van der Waals surface area contributed by atoms with Crippen molar-refractivity contribution in [1.82, 2.24) is 4.90 Å². The number of hydrogen-bond donors (Lipinski definition) is 1. The molecule has 0 aromatic heterocycles. The molecule has 3 rings (SSSR count). The molecule has 0 bridgehead atoms. The van der Waals surface area contributed by atoms with E-state index < -0.39 is 5.60 Å². The minimum absolute atomic E-state index is 0.384. The highest BCUT2D eigenvalue weighted by Gasteiger charge is 2.32. The smallest absolute Gasteiger partial charge is 0.119 e. The molecule has 1 N–H and O–H groups in total. The summed E-state index contributed by atoms with van der Waals surface area (Å²) < 4.78 is 5.75. The Kier molecular flexibility index (Phi) is 5.89. The van der Waals surface area contributed by atoms with E-state index >= 15 is 0 Å². The fraction of sp³-hybridized carbons (Fsp3) is 0.429. The molecule has 1 aliphatic heterocycles. The molecule has 0 amide bonds. The van der Waals surface area contributed by atoms with Crippen LogP contribution in [0.2, 0.25) is 0 Å². The van der Waals surface area contributed by atoms with E-state index in [4.69, 9.17) is 4.74 Å². The van der Waals surface area contributed by atoms with Crippen molar-refractivity contribution in [3.05, 3.63) is 66.2 Å². The van der Waals surface area contributed by atoms with E-state index in [1.54, 1.807) is 0 Å². The molecule has 2 aromatic carbocycles. The van der Waals surface area contributed by atoms with Crippen LogP contribution in [0, 0.1) is 0 Å². The molecule has 2 aromatic rings. The summed E-state index contributed by atoms with van der Waals surface area (Å²) in [5, 5.41) is 10.7. The summed E-state index contributed by atoms with van der Waals surface area (Å²) in [6.07, 6.45) is 3.86. The van der Waals surface area contributed by atoms with Crippen LogP contribution in [0.4, 0.5) is 0 Å². The number of aryl methyl sites for hydroxylation is 1. The van der Waals surface area contributed by atoms with Crippen LogP contribution in [-0.4, -0.2) is 41.8 Å². The minimum Gasteiger partial charge on any atom is -0.491 e. The molecule has 0 spiro atoms. The second-order valence-corrected chi connectivity index (χ2v) is 6.76. The van der Waals surface area contributed by atoms with E-state index in [9.17, 15) is 5.11 Å². The van der Waals surface area contributed by atoms with E-state index in [0.717, 1.165) is 44.6 Å². The van der Waals surface area contributed by atoms with Gasteiger partial charge in [0.2, 0.25) is 0 Å². The summed E-state index contributed by atoms with van der Waals surface area (Å²) in [6, 6.07) is 20.4. The molecule has 0 atom stereocenters.